The summed E-state index contributed by atoms with van der Waals surface area (Å²) in [5.74, 6) is 0. The molecule has 0 amide bonds. The molecule has 98 valence electrons. The predicted octanol–water partition coefficient (Wildman–Crippen LogP) is 3.26. The molecule has 0 rings (SSSR count). The smallest absolute Gasteiger partial charge is 0.00559 e. The van der Waals surface area contributed by atoms with E-state index >= 15 is 0 Å². The first kappa shape index (κ1) is 15.9. The first-order chi connectivity index (χ1) is 7.35. The van der Waals surface area contributed by atoms with Crippen LogP contribution < -0.4 is 5.73 Å². The van der Waals surface area contributed by atoms with Gasteiger partial charge in [0.1, 0.15) is 0 Å². The molecule has 0 aromatic rings. The second-order valence-electron chi connectivity index (χ2n) is 6.32. The minimum atomic E-state index is 0.355. The normalized spacial score (nSPS) is 14.4. The minimum Gasteiger partial charge on any atom is -0.328 e. The topological polar surface area (TPSA) is 29.3 Å². The van der Waals surface area contributed by atoms with Gasteiger partial charge in [-0.1, -0.05) is 40.5 Å². The van der Waals surface area contributed by atoms with Gasteiger partial charge in [-0.25, -0.2) is 0 Å². The van der Waals surface area contributed by atoms with E-state index in [9.17, 15) is 0 Å². The molecule has 0 radical (unpaired) electrons. The lowest BCUT2D eigenvalue weighted by atomic mass is 9.87. The Morgan fingerprint density at radius 2 is 1.75 bits per heavy atom. The van der Waals surface area contributed by atoms with Gasteiger partial charge in [0.05, 0.1) is 0 Å². The molecule has 0 saturated carbocycles. The molecule has 16 heavy (non-hydrogen) atoms. The largest absolute Gasteiger partial charge is 0.328 e. The molecule has 0 bridgehead atoms. The van der Waals surface area contributed by atoms with Crippen molar-refractivity contribution in [1.82, 2.24) is 4.90 Å². The standard InChI is InChI=1S/C14H32N2/c1-6-7-8-10-16(5)11-9-13(15)12-14(2,3)4/h13H,6-12,15H2,1-5H3. The Bertz CT molecular complexity index is 161. The second-order valence-corrected chi connectivity index (χ2v) is 6.32. The Balaban J connectivity index is 3.55. The van der Waals surface area contributed by atoms with Crippen molar-refractivity contribution >= 4 is 0 Å². The van der Waals surface area contributed by atoms with Gasteiger partial charge in [-0.3, -0.25) is 0 Å². The van der Waals surface area contributed by atoms with Crippen molar-refractivity contribution in [3.05, 3.63) is 0 Å². The van der Waals surface area contributed by atoms with E-state index in [0.29, 0.717) is 11.5 Å². The van der Waals surface area contributed by atoms with Gasteiger partial charge in [-0.2, -0.15) is 0 Å². The number of nitrogens with zero attached hydrogens (tertiary/aromatic N) is 1. The van der Waals surface area contributed by atoms with Crippen LogP contribution >= 0.6 is 0 Å². The van der Waals surface area contributed by atoms with E-state index in [1.165, 1.54) is 25.8 Å². The van der Waals surface area contributed by atoms with E-state index in [2.05, 4.69) is 39.6 Å². The summed E-state index contributed by atoms with van der Waals surface area (Å²) in [7, 11) is 2.21. The first-order valence-corrected chi connectivity index (χ1v) is 6.79. The Labute approximate surface area is 103 Å². The second kappa shape index (κ2) is 8.08. The van der Waals surface area contributed by atoms with Gasteiger partial charge in [0.2, 0.25) is 0 Å². The maximum absolute atomic E-state index is 6.14. The first-order valence-electron chi connectivity index (χ1n) is 6.79. The van der Waals surface area contributed by atoms with E-state index in [1.54, 1.807) is 0 Å². The zero-order chi connectivity index (χ0) is 12.6. The molecule has 0 aliphatic heterocycles. The van der Waals surface area contributed by atoms with Crippen LogP contribution in [0, 0.1) is 5.41 Å². The highest BCUT2D eigenvalue weighted by Crippen LogP contribution is 2.21. The Morgan fingerprint density at radius 3 is 2.25 bits per heavy atom. The summed E-state index contributed by atoms with van der Waals surface area (Å²) in [6, 6.07) is 0.355. The molecule has 0 aliphatic rings. The van der Waals surface area contributed by atoms with Crippen molar-refractivity contribution in [3.63, 3.8) is 0 Å². The number of unbranched alkanes of at least 4 members (excludes halogenated alkanes) is 2. The van der Waals surface area contributed by atoms with Gasteiger partial charge < -0.3 is 10.6 Å². The highest BCUT2D eigenvalue weighted by molar-refractivity contribution is 4.72. The molecule has 2 N–H and O–H groups in total. The number of hydrogen-bond acceptors (Lipinski definition) is 2. The fourth-order valence-electron chi connectivity index (χ4n) is 2.02. The molecule has 0 aromatic heterocycles. The van der Waals surface area contributed by atoms with E-state index in [1.807, 2.05) is 0 Å². The lowest BCUT2D eigenvalue weighted by molar-refractivity contribution is 0.279. The Hall–Kier alpha value is -0.0800. The van der Waals surface area contributed by atoms with Crippen LogP contribution in [-0.2, 0) is 0 Å². The molecule has 2 nitrogen and oxygen atoms in total. The number of rotatable bonds is 8. The maximum Gasteiger partial charge on any atom is 0.00559 e. The van der Waals surface area contributed by atoms with Gasteiger partial charge in [-0.15, -0.1) is 0 Å². The maximum atomic E-state index is 6.14. The van der Waals surface area contributed by atoms with Gasteiger partial charge in [0.25, 0.3) is 0 Å². The van der Waals surface area contributed by atoms with Gasteiger partial charge in [0, 0.05) is 6.04 Å². The van der Waals surface area contributed by atoms with Crippen LogP contribution in [0.25, 0.3) is 0 Å². The van der Waals surface area contributed by atoms with Crippen LogP contribution in [0.5, 0.6) is 0 Å². The van der Waals surface area contributed by atoms with Crippen molar-refractivity contribution in [2.24, 2.45) is 11.1 Å². The highest BCUT2D eigenvalue weighted by Gasteiger charge is 2.15. The summed E-state index contributed by atoms with van der Waals surface area (Å²) < 4.78 is 0. The van der Waals surface area contributed by atoms with E-state index < -0.39 is 0 Å². The molecule has 0 aliphatic carbocycles. The lowest BCUT2D eigenvalue weighted by Gasteiger charge is -2.25. The van der Waals surface area contributed by atoms with Crippen LogP contribution in [0.1, 0.15) is 59.8 Å². The molecule has 1 unspecified atom stereocenters. The summed E-state index contributed by atoms with van der Waals surface area (Å²) in [5, 5.41) is 0. The van der Waals surface area contributed by atoms with E-state index in [-0.39, 0.29) is 0 Å². The zero-order valence-corrected chi connectivity index (χ0v) is 12.1. The molecular formula is C14H32N2. The molecule has 0 heterocycles. The van der Waals surface area contributed by atoms with Gasteiger partial charge >= 0.3 is 0 Å². The quantitative estimate of drug-likeness (QED) is 0.646. The fourth-order valence-corrected chi connectivity index (χ4v) is 2.02. The van der Waals surface area contributed by atoms with Crippen molar-refractivity contribution in [2.75, 3.05) is 20.1 Å². The predicted molar refractivity (Wildman–Crippen MR) is 73.7 cm³/mol. The fraction of sp³-hybridized carbons (Fsp3) is 1.00. The average molecular weight is 228 g/mol. The van der Waals surface area contributed by atoms with Crippen molar-refractivity contribution in [3.8, 4) is 0 Å². The highest BCUT2D eigenvalue weighted by atomic mass is 15.1. The van der Waals surface area contributed by atoms with Gasteiger partial charge in [-0.05, 0) is 44.8 Å². The summed E-state index contributed by atoms with van der Waals surface area (Å²) in [4.78, 5) is 2.41. The molecule has 2 heteroatoms. The third kappa shape index (κ3) is 10.4. The third-order valence-electron chi connectivity index (χ3n) is 2.90. The van der Waals surface area contributed by atoms with Crippen LogP contribution in [-0.4, -0.2) is 31.1 Å². The molecule has 0 fully saturated rings. The molecule has 1 atom stereocenters. The van der Waals surface area contributed by atoms with Gasteiger partial charge in [0.15, 0.2) is 0 Å². The van der Waals surface area contributed by atoms with Crippen molar-refractivity contribution in [1.29, 1.82) is 0 Å². The Morgan fingerprint density at radius 1 is 1.12 bits per heavy atom. The molecule has 0 aromatic carbocycles. The lowest BCUT2D eigenvalue weighted by Crippen LogP contribution is -2.31. The Kier molecular flexibility index (Phi) is 8.04. The average Bonchev–Trinajstić information content (AvgIpc) is 2.12. The molecule has 0 saturated heterocycles. The molecular weight excluding hydrogens is 196 g/mol. The minimum absolute atomic E-state index is 0.355. The van der Waals surface area contributed by atoms with Crippen LogP contribution in [0.15, 0.2) is 0 Å². The SMILES string of the molecule is CCCCCN(C)CCC(N)CC(C)(C)C. The van der Waals surface area contributed by atoms with Crippen LogP contribution in [0.4, 0.5) is 0 Å². The van der Waals surface area contributed by atoms with Crippen molar-refractivity contribution < 1.29 is 0 Å². The summed E-state index contributed by atoms with van der Waals surface area (Å²) >= 11 is 0. The summed E-state index contributed by atoms with van der Waals surface area (Å²) in [5.41, 5.74) is 6.50. The summed E-state index contributed by atoms with van der Waals surface area (Å²) in [6.45, 7) is 11.4. The van der Waals surface area contributed by atoms with E-state index in [4.69, 9.17) is 5.73 Å². The third-order valence-corrected chi connectivity index (χ3v) is 2.90. The number of hydrogen-bond donors (Lipinski definition) is 1. The zero-order valence-electron chi connectivity index (χ0n) is 12.1. The van der Waals surface area contributed by atoms with Crippen molar-refractivity contribution in [2.45, 2.75) is 65.8 Å². The number of nitrogens with two attached hydrogens (primary N) is 1. The van der Waals surface area contributed by atoms with Crippen LogP contribution in [0.2, 0.25) is 0 Å². The summed E-state index contributed by atoms with van der Waals surface area (Å²) in [6.07, 6.45) is 6.22. The van der Waals surface area contributed by atoms with E-state index in [0.717, 1.165) is 19.4 Å². The monoisotopic (exact) mass is 228 g/mol. The molecule has 0 spiro atoms. The van der Waals surface area contributed by atoms with Crippen LogP contribution in [0.3, 0.4) is 0 Å².